The van der Waals surface area contributed by atoms with Gasteiger partial charge >= 0.3 is 6.03 Å². The number of imide groups is 1. The smallest absolute Gasteiger partial charge is 0.323 e. The van der Waals surface area contributed by atoms with Crippen molar-refractivity contribution in [2.45, 2.75) is 44.6 Å². The van der Waals surface area contributed by atoms with Crippen LogP contribution in [0.3, 0.4) is 0 Å². The summed E-state index contributed by atoms with van der Waals surface area (Å²) in [6, 6.07) is 8.73. The van der Waals surface area contributed by atoms with E-state index in [1.165, 1.54) is 4.90 Å². The number of amides is 4. The fourth-order valence-corrected chi connectivity index (χ4v) is 4.05. The van der Waals surface area contributed by atoms with Crippen LogP contribution in [-0.4, -0.2) is 41.4 Å². The maximum absolute atomic E-state index is 13.0. The third-order valence-electron chi connectivity index (χ3n) is 5.76. The minimum Gasteiger partial charge on any atom is -0.323 e. The Labute approximate surface area is 160 Å². The Morgan fingerprint density at radius 2 is 1.96 bits per heavy atom. The van der Waals surface area contributed by atoms with Crippen LogP contribution >= 0.6 is 0 Å². The molecule has 1 aliphatic heterocycles. The fourth-order valence-electron chi connectivity index (χ4n) is 4.05. The van der Waals surface area contributed by atoms with Gasteiger partial charge in [0.15, 0.2) is 0 Å². The van der Waals surface area contributed by atoms with Gasteiger partial charge in [0.2, 0.25) is 5.91 Å². The largest absolute Gasteiger partial charge is 0.325 e. The monoisotopic (exact) mass is 369 g/mol. The van der Waals surface area contributed by atoms with Crippen LogP contribution in [0.25, 0.3) is 0 Å². The SMILES string of the molecule is C=CCN(C(=O)CN1C(=O)NC2(CCC(CC)CC2)C1=O)c1ccccc1. The van der Waals surface area contributed by atoms with Crippen molar-refractivity contribution >= 4 is 23.5 Å². The first-order valence-corrected chi connectivity index (χ1v) is 9.61. The van der Waals surface area contributed by atoms with Gasteiger partial charge in [0, 0.05) is 12.2 Å². The van der Waals surface area contributed by atoms with Crippen LogP contribution in [0.2, 0.25) is 0 Å². The molecule has 1 aliphatic carbocycles. The van der Waals surface area contributed by atoms with E-state index in [9.17, 15) is 14.4 Å². The van der Waals surface area contributed by atoms with E-state index in [0.717, 1.165) is 24.2 Å². The highest BCUT2D eigenvalue weighted by atomic mass is 16.2. The third kappa shape index (κ3) is 3.75. The number of urea groups is 1. The molecule has 6 nitrogen and oxygen atoms in total. The average Bonchev–Trinajstić information content (AvgIpc) is 2.91. The zero-order valence-electron chi connectivity index (χ0n) is 15.8. The van der Waals surface area contributed by atoms with Gasteiger partial charge < -0.3 is 10.2 Å². The number of para-hydroxylation sites is 1. The Kier molecular flexibility index (Phi) is 5.63. The first kappa shape index (κ1) is 19.1. The molecule has 4 amide bonds. The van der Waals surface area contributed by atoms with Gasteiger partial charge in [-0.05, 0) is 43.7 Å². The van der Waals surface area contributed by atoms with E-state index in [1.807, 2.05) is 30.3 Å². The molecule has 0 unspecified atom stereocenters. The number of carbonyl (C=O) groups excluding carboxylic acids is 3. The summed E-state index contributed by atoms with van der Waals surface area (Å²) in [7, 11) is 0. The van der Waals surface area contributed by atoms with E-state index < -0.39 is 11.6 Å². The number of benzene rings is 1. The number of rotatable bonds is 6. The molecule has 0 bridgehead atoms. The number of nitrogens with one attached hydrogen (secondary N) is 1. The predicted molar refractivity (Wildman–Crippen MR) is 104 cm³/mol. The summed E-state index contributed by atoms with van der Waals surface area (Å²) in [5.41, 5.74) is -0.105. The minimum atomic E-state index is -0.820. The Balaban J connectivity index is 1.73. The van der Waals surface area contributed by atoms with Crippen molar-refractivity contribution in [1.82, 2.24) is 10.2 Å². The molecule has 1 aromatic rings. The fraction of sp³-hybridized carbons (Fsp3) is 0.476. The van der Waals surface area contributed by atoms with E-state index in [2.05, 4.69) is 18.8 Å². The number of carbonyl (C=O) groups is 3. The predicted octanol–water partition coefficient (Wildman–Crippen LogP) is 3.10. The van der Waals surface area contributed by atoms with Gasteiger partial charge in [-0.3, -0.25) is 14.5 Å². The van der Waals surface area contributed by atoms with Gasteiger partial charge in [-0.2, -0.15) is 0 Å². The zero-order valence-corrected chi connectivity index (χ0v) is 15.8. The first-order chi connectivity index (χ1) is 13.0. The van der Waals surface area contributed by atoms with Crippen molar-refractivity contribution in [2.24, 2.45) is 5.92 Å². The minimum absolute atomic E-state index is 0.258. The first-order valence-electron chi connectivity index (χ1n) is 9.61. The van der Waals surface area contributed by atoms with E-state index in [1.54, 1.807) is 6.08 Å². The van der Waals surface area contributed by atoms with Gasteiger partial charge in [0.1, 0.15) is 12.1 Å². The summed E-state index contributed by atoms with van der Waals surface area (Å²) in [6.07, 6.45) is 5.87. The topological polar surface area (TPSA) is 69.7 Å². The molecule has 1 spiro atoms. The third-order valence-corrected chi connectivity index (χ3v) is 5.76. The zero-order chi connectivity index (χ0) is 19.4. The number of anilines is 1. The van der Waals surface area contributed by atoms with Crippen LogP contribution in [0.4, 0.5) is 10.5 Å². The Morgan fingerprint density at radius 3 is 2.56 bits per heavy atom. The molecule has 3 rings (SSSR count). The molecule has 0 aromatic heterocycles. The molecule has 144 valence electrons. The van der Waals surface area contributed by atoms with E-state index in [-0.39, 0.29) is 18.4 Å². The second-order valence-electron chi connectivity index (χ2n) is 7.38. The molecule has 0 atom stereocenters. The molecule has 1 saturated carbocycles. The molecule has 27 heavy (non-hydrogen) atoms. The normalized spacial score (nSPS) is 24.8. The maximum Gasteiger partial charge on any atom is 0.325 e. The summed E-state index contributed by atoms with van der Waals surface area (Å²) in [5, 5.41) is 2.88. The van der Waals surface area contributed by atoms with Crippen molar-refractivity contribution in [2.75, 3.05) is 18.0 Å². The summed E-state index contributed by atoms with van der Waals surface area (Å²) >= 11 is 0. The van der Waals surface area contributed by atoms with Crippen LogP contribution in [0.15, 0.2) is 43.0 Å². The van der Waals surface area contributed by atoms with Gasteiger partial charge in [-0.1, -0.05) is 37.6 Å². The summed E-state index contributed by atoms with van der Waals surface area (Å²) in [5.74, 6) is 0.0445. The van der Waals surface area contributed by atoms with E-state index >= 15 is 0 Å². The van der Waals surface area contributed by atoms with Crippen LogP contribution < -0.4 is 10.2 Å². The molecule has 1 N–H and O–H groups in total. The van der Waals surface area contributed by atoms with Crippen LogP contribution in [0, 0.1) is 5.92 Å². The highest BCUT2D eigenvalue weighted by molar-refractivity contribution is 6.10. The lowest BCUT2D eigenvalue weighted by atomic mass is 9.75. The molecular formula is C21H27N3O3. The quantitative estimate of drug-likeness (QED) is 0.619. The Hall–Kier alpha value is -2.63. The summed E-state index contributed by atoms with van der Waals surface area (Å²) in [6.45, 7) is 5.91. The maximum atomic E-state index is 13.0. The second kappa shape index (κ2) is 7.94. The summed E-state index contributed by atoms with van der Waals surface area (Å²) in [4.78, 5) is 40.9. The molecule has 2 aliphatic rings. The molecule has 1 heterocycles. The van der Waals surface area contributed by atoms with Crippen LogP contribution in [0.1, 0.15) is 39.0 Å². The average molecular weight is 369 g/mol. The van der Waals surface area contributed by atoms with Gasteiger partial charge in [0.05, 0.1) is 0 Å². The van der Waals surface area contributed by atoms with Crippen molar-refractivity contribution in [3.8, 4) is 0 Å². The van der Waals surface area contributed by atoms with Crippen LogP contribution in [0.5, 0.6) is 0 Å². The van der Waals surface area contributed by atoms with E-state index in [4.69, 9.17) is 0 Å². The van der Waals surface area contributed by atoms with Crippen molar-refractivity contribution in [1.29, 1.82) is 0 Å². The van der Waals surface area contributed by atoms with Crippen LogP contribution in [-0.2, 0) is 9.59 Å². The number of nitrogens with zero attached hydrogens (tertiary/aromatic N) is 2. The van der Waals surface area contributed by atoms with Gasteiger partial charge in [-0.25, -0.2) is 4.79 Å². The van der Waals surface area contributed by atoms with Gasteiger partial charge in [-0.15, -0.1) is 6.58 Å². The van der Waals surface area contributed by atoms with Crippen molar-refractivity contribution in [3.63, 3.8) is 0 Å². The number of hydrogen-bond acceptors (Lipinski definition) is 3. The Bertz CT molecular complexity index is 723. The second-order valence-corrected chi connectivity index (χ2v) is 7.38. The molecule has 1 aromatic carbocycles. The molecule has 6 heteroatoms. The van der Waals surface area contributed by atoms with Crippen molar-refractivity contribution < 1.29 is 14.4 Å². The lowest BCUT2D eigenvalue weighted by Crippen LogP contribution is -2.50. The van der Waals surface area contributed by atoms with Gasteiger partial charge in [0.25, 0.3) is 5.91 Å². The molecular weight excluding hydrogens is 342 g/mol. The molecule has 0 radical (unpaired) electrons. The van der Waals surface area contributed by atoms with E-state index in [0.29, 0.717) is 31.0 Å². The standard InChI is InChI=1S/C21H27N3O3/c1-3-14-23(17-8-6-5-7-9-17)18(25)15-24-19(26)21(22-20(24)27)12-10-16(4-2)11-13-21/h3,5-9,16H,1,4,10-15H2,2H3,(H,22,27). The van der Waals surface area contributed by atoms with Crippen molar-refractivity contribution in [3.05, 3.63) is 43.0 Å². The lowest BCUT2D eigenvalue weighted by molar-refractivity contribution is -0.135. The number of hydrogen-bond donors (Lipinski definition) is 1. The molecule has 2 fully saturated rings. The lowest BCUT2D eigenvalue weighted by Gasteiger charge is -2.34. The Morgan fingerprint density at radius 1 is 1.30 bits per heavy atom. The molecule has 1 saturated heterocycles. The highest BCUT2D eigenvalue weighted by Gasteiger charge is 2.52. The highest BCUT2D eigenvalue weighted by Crippen LogP contribution is 2.37. The summed E-state index contributed by atoms with van der Waals surface area (Å²) < 4.78 is 0.